The Hall–Kier alpha value is -3.06. The Balaban J connectivity index is 1.30. The second kappa shape index (κ2) is 7.65. The molecule has 0 bridgehead atoms. The van der Waals surface area contributed by atoms with Crippen molar-refractivity contribution in [2.45, 2.75) is 25.2 Å². The Morgan fingerprint density at radius 1 is 1.07 bits per heavy atom. The molecule has 1 fully saturated rings. The zero-order chi connectivity index (χ0) is 20.7. The number of benzene rings is 2. The lowest BCUT2D eigenvalue weighted by Crippen LogP contribution is -2.39. The lowest BCUT2D eigenvalue weighted by atomic mass is 9.97. The molecule has 0 spiro atoms. The molecule has 4 aromatic rings. The number of carbonyl (C=O) groups is 1. The van der Waals surface area contributed by atoms with Crippen molar-refractivity contribution in [3.63, 3.8) is 0 Å². The normalized spacial score (nSPS) is 15.2. The van der Waals surface area contributed by atoms with Crippen molar-refractivity contribution < 1.29 is 4.79 Å². The Morgan fingerprint density at radius 3 is 2.53 bits per heavy atom. The summed E-state index contributed by atoms with van der Waals surface area (Å²) in [6, 6.07) is 15.6. The van der Waals surface area contributed by atoms with Gasteiger partial charge in [-0.15, -0.1) is 11.3 Å². The van der Waals surface area contributed by atoms with Gasteiger partial charge in [0.05, 0.1) is 32.7 Å². The monoisotopic (exact) mass is 418 g/mol. The van der Waals surface area contributed by atoms with E-state index in [0.29, 0.717) is 17.0 Å². The van der Waals surface area contributed by atoms with Gasteiger partial charge in [-0.2, -0.15) is 5.10 Å². The first-order valence-electron chi connectivity index (χ1n) is 10.2. The van der Waals surface area contributed by atoms with Crippen molar-refractivity contribution in [3.8, 4) is 0 Å². The second-order valence-corrected chi connectivity index (χ2v) is 8.83. The van der Waals surface area contributed by atoms with Gasteiger partial charge in [0.1, 0.15) is 0 Å². The van der Waals surface area contributed by atoms with Crippen LogP contribution >= 0.6 is 11.3 Å². The Morgan fingerprint density at radius 2 is 1.77 bits per heavy atom. The molecule has 0 radical (unpaired) electrons. The molecule has 0 atom stereocenters. The number of piperidine rings is 1. The average molecular weight is 419 g/mol. The molecule has 1 aliphatic heterocycles. The molecular formula is C23H22N4O2S. The highest BCUT2D eigenvalue weighted by Crippen LogP contribution is 2.34. The van der Waals surface area contributed by atoms with E-state index in [9.17, 15) is 9.59 Å². The number of rotatable bonds is 3. The van der Waals surface area contributed by atoms with Crippen LogP contribution in [-0.2, 0) is 18.3 Å². The zero-order valence-electron chi connectivity index (χ0n) is 16.7. The van der Waals surface area contributed by atoms with Crippen LogP contribution in [0.5, 0.6) is 0 Å². The van der Waals surface area contributed by atoms with E-state index in [1.165, 1.54) is 14.4 Å². The molecule has 2 aromatic heterocycles. The lowest BCUT2D eigenvalue weighted by Gasteiger charge is -2.31. The molecule has 5 rings (SSSR count). The molecule has 7 heteroatoms. The Bertz CT molecular complexity index is 1270. The predicted molar refractivity (Wildman–Crippen MR) is 119 cm³/mol. The first kappa shape index (κ1) is 18.9. The van der Waals surface area contributed by atoms with Crippen molar-refractivity contribution >= 4 is 38.2 Å². The Labute approximate surface area is 177 Å². The number of thiazole rings is 1. The molecule has 30 heavy (non-hydrogen) atoms. The van der Waals surface area contributed by atoms with E-state index in [0.717, 1.165) is 36.8 Å². The molecule has 6 nitrogen and oxygen atoms in total. The van der Waals surface area contributed by atoms with E-state index in [-0.39, 0.29) is 17.9 Å². The fourth-order valence-corrected chi connectivity index (χ4v) is 5.34. The van der Waals surface area contributed by atoms with E-state index in [1.807, 2.05) is 35.2 Å². The minimum Gasteiger partial charge on any atom is -0.342 e. The molecule has 3 heterocycles. The number of nitrogens with zero attached hydrogens (tertiary/aromatic N) is 4. The number of aromatic nitrogens is 3. The highest BCUT2D eigenvalue weighted by atomic mass is 32.1. The summed E-state index contributed by atoms with van der Waals surface area (Å²) < 4.78 is 2.54. The SMILES string of the molecule is Cn1nc(CC(=O)N2CCC(c3nc4ccccc4s3)CC2)c2ccccc2c1=O. The zero-order valence-corrected chi connectivity index (χ0v) is 17.6. The minimum absolute atomic E-state index is 0.0639. The van der Waals surface area contributed by atoms with Gasteiger partial charge in [-0.05, 0) is 31.0 Å². The summed E-state index contributed by atoms with van der Waals surface area (Å²) >= 11 is 1.76. The molecule has 0 unspecified atom stereocenters. The maximum absolute atomic E-state index is 13.0. The van der Waals surface area contributed by atoms with E-state index < -0.39 is 0 Å². The molecule has 1 aliphatic rings. The van der Waals surface area contributed by atoms with Gasteiger partial charge < -0.3 is 4.90 Å². The minimum atomic E-state index is -0.140. The van der Waals surface area contributed by atoms with Crippen LogP contribution in [0, 0.1) is 0 Å². The van der Waals surface area contributed by atoms with E-state index in [4.69, 9.17) is 4.98 Å². The molecule has 0 N–H and O–H groups in total. The first-order valence-corrected chi connectivity index (χ1v) is 11.0. The van der Waals surface area contributed by atoms with Crippen molar-refractivity contribution in [1.82, 2.24) is 19.7 Å². The summed E-state index contributed by atoms with van der Waals surface area (Å²) in [5.41, 5.74) is 1.58. The first-order chi connectivity index (χ1) is 14.6. The molecule has 0 saturated carbocycles. The van der Waals surface area contributed by atoms with Gasteiger partial charge in [0.2, 0.25) is 5.91 Å². The van der Waals surface area contributed by atoms with Gasteiger partial charge in [0.15, 0.2) is 0 Å². The van der Waals surface area contributed by atoms with Gasteiger partial charge >= 0.3 is 0 Å². The third-order valence-corrected chi connectivity index (χ3v) is 7.06. The highest BCUT2D eigenvalue weighted by molar-refractivity contribution is 7.18. The van der Waals surface area contributed by atoms with E-state index >= 15 is 0 Å². The number of hydrogen-bond donors (Lipinski definition) is 0. The third-order valence-electron chi connectivity index (χ3n) is 5.86. The van der Waals surface area contributed by atoms with Crippen LogP contribution in [0.3, 0.4) is 0 Å². The summed E-state index contributed by atoms with van der Waals surface area (Å²) in [5.74, 6) is 0.469. The number of fused-ring (bicyclic) bond motifs is 2. The van der Waals surface area contributed by atoms with Crippen LogP contribution in [0.15, 0.2) is 53.3 Å². The maximum Gasteiger partial charge on any atom is 0.274 e. The quantitative estimate of drug-likeness (QED) is 0.511. The number of hydrogen-bond acceptors (Lipinski definition) is 5. The van der Waals surface area contributed by atoms with Crippen molar-refractivity contribution in [2.75, 3.05) is 13.1 Å². The van der Waals surface area contributed by atoms with Crippen LogP contribution in [0.2, 0.25) is 0 Å². The summed E-state index contributed by atoms with van der Waals surface area (Å²) in [6.07, 6.45) is 2.06. The third kappa shape index (κ3) is 3.39. The topological polar surface area (TPSA) is 68.1 Å². The summed E-state index contributed by atoms with van der Waals surface area (Å²) in [5, 5.41) is 6.91. The smallest absolute Gasteiger partial charge is 0.274 e. The average Bonchev–Trinajstić information content (AvgIpc) is 3.22. The van der Waals surface area contributed by atoms with Gasteiger partial charge in [-0.3, -0.25) is 9.59 Å². The fourth-order valence-electron chi connectivity index (χ4n) is 4.20. The van der Waals surface area contributed by atoms with Crippen LogP contribution in [0.25, 0.3) is 21.0 Å². The molecule has 0 aliphatic carbocycles. The molecule has 1 amide bonds. The van der Waals surface area contributed by atoms with Gasteiger partial charge in [0.25, 0.3) is 5.56 Å². The Kier molecular flexibility index (Phi) is 4.83. The second-order valence-electron chi connectivity index (χ2n) is 7.77. The molecule has 2 aromatic carbocycles. The highest BCUT2D eigenvalue weighted by Gasteiger charge is 2.26. The number of aryl methyl sites for hydroxylation is 1. The van der Waals surface area contributed by atoms with E-state index in [2.05, 4.69) is 17.2 Å². The number of likely N-dealkylation sites (tertiary alicyclic amines) is 1. The van der Waals surface area contributed by atoms with Gasteiger partial charge in [-0.25, -0.2) is 9.67 Å². The van der Waals surface area contributed by atoms with Crippen LogP contribution in [-0.4, -0.2) is 38.7 Å². The summed E-state index contributed by atoms with van der Waals surface area (Å²) in [6.45, 7) is 1.45. The van der Waals surface area contributed by atoms with Crippen molar-refractivity contribution in [3.05, 3.63) is 69.6 Å². The van der Waals surface area contributed by atoms with Crippen LogP contribution < -0.4 is 5.56 Å². The van der Waals surface area contributed by atoms with Gasteiger partial charge in [0, 0.05) is 31.4 Å². The molecular weight excluding hydrogens is 396 g/mol. The fraction of sp³-hybridized carbons (Fsp3) is 0.304. The predicted octanol–water partition coefficient (Wildman–Crippen LogP) is 3.49. The van der Waals surface area contributed by atoms with Crippen LogP contribution in [0.4, 0.5) is 0 Å². The summed E-state index contributed by atoms with van der Waals surface area (Å²) in [7, 11) is 1.63. The lowest BCUT2D eigenvalue weighted by molar-refractivity contribution is -0.131. The number of carbonyl (C=O) groups excluding carboxylic acids is 1. The largest absolute Gasteiger partial charge is 0.342 e. The van der Waals surface area contributed by atoms with Crippen molar-refractivity contribution in [1.29, 1.82) is 0 Å². The molecule has 152 valence electrons. The number of amides is 1. The van der Waals surface area contributed by atoms with Gasteiger partial charge in [-0.1, -0.05) is 30.3 Å². The maximum atomic E-state index is 13.0. The van der Waals surface area contributed by atoms with E-state index in [1.54, 1.807) is 24.5 Å². The molecule has 1 saturated heterocycles. The number of para-hydroxylation sites is 1. The van der Waals surface area contributed by atoms with Crippen LogP contribution in [0.1, 0.15) is 29.5 Å². The summed E-state index contributed by atoms with van der Waals surface area (Å²) in [4.78, 5) is 32.0. The standard InChI is InChI=1S/C23H22N4O2S/c1-26-23(29)17-7-3-2-6-16(17)19(25-26)14-21(28)27-12-10-15(11-13-27)22-24-18-8-4-5-9-20(18)30-22/h2-9,15H,10-14H2,1H3. The van der Waals surface area contributed by atoms with Crippen molar-refractivity contribution in [2.24, 2.45) is 7.05 Å².